The quantitative estimate of drug-likeness (QED) is 0.179. The van der Waals surface area contributed by atoms with E-state index in [1.807, 2.05) is 36.4 Å². The molecule has 5 unspecified atom stereocenters. The molecule has 294 valence electrons. The van der Waals surface area contributed by atoms with Gasteiger partial charge in [0.1, 0.15) is 35.3 Å². The van der Waals surface area contributed by atoms with Crippen molar-refractivity contribution in [3.8, 4) is 5.88 Å². The third-order valence-electron chi connectivity index (χ3n) is 11.5. The van der Waals surface area contributed by atoms with Crippen LogP contribution in [0.1, 0.15) is 81.0 Å². The number of hydrogen-bond acceptors (Lipinski definition) is 10. The van der Waals surface area contributed by atoms with E-state index in [2.05, 4.69) is 25.5 Å². The van der Waals surface area contributed by atoms with Gasteiger partial charge in [0, 0.05) is 35.2 Å². The van der Waals surface area contributed by atoms with E-state index < -0.39 is 73.9 Å². The van der Waals surface area contributed by atoms with Crippen molar-refractivity contribution in [2.75, 3.05) is 6.54 Å². The number of aromatic nitrogens is 2. The summed E-state index contributed by atoms with van der Waals surface area (Å²) >= 11 is 0. The van der Waals surface area contributed by atoms with Gasteiger partial charge in [-0.05, 0) is 76.0 Å². The van der Waals surface area contributed by atoms with Crippen molar-refractivity contribution in [1.29, 1.82) is 0 Å². The maximum absolute atomic E-state index is 14.6. The molecule has 2 aromatic heterocycles. The summed E-state index contributed by atoms with van der Waals surface area (Å²) in [6.07, 6.45) is 6.99. The van der Waals surface area contributed by atoms with Crippen molar-refractivity contribution in [3.63, 3.8) is 0 Å². The van der Waals surface area contributed by atoms with Crippen LogP contribution < -0.4 is 20.1 Å². The van der Waals surface area contributed by atoms with Crippen LogP contribution in [0.2, 0.25) is 0 Å². The highest BCUT2D eigenvalue weighted by Crippen LogP contribution is 2.47. The van der Waals surface area contributed by atoms with Crippen molar-refractivity contribution in [1.82, 2.24) is 30.4 Å². The van der Waals surface area contributed by atoms with Crippen LogP contribution in [0.25, 0.3) is 21.7 Å². The molecule has 2 aromatic carbocycles. The number of fused-ring (bicyclic) bond motifs is 5. The Morgan fingerprint density at radius 3 is 2.59 bits per heavy atom. The molecule has 0 bridgehead atoms. The Balaban J connectivity index is 1.13. The van der Waals surface area contributed by atoms with Crippen molar-refractivity contribution in [2.24, 2.45) is 5.92 Å². The molecule has 3 N–H and O–H groups in total. The smallest absolute Gasteiger partial charge is 0.274 e. The van der Waals surface area contributed by atoms with E-state index in [1.165, 1.54) is 23.1 Å². The number of ether oxygens (including phenoxy) is 1. The minimum absolute atomic E-state index is 0.00156. The lowest BCUT2D eigenvalue weighted by atomic mass is 10.0. The van der Waals surface area contributed by atoms with Gasteiger partial charge in [-0.1, -0.05) is 48.3 Å². The number of rotatable bonds is 7. The number of nitrogens with zero attached hydrogens (tertiary/aromatic N) is 3. The maximum atomic E-state index is 14.6. The lowest BCUT2D eigenvalue weighted by molar-refractivity contribution is -0.141. The second-order valence-electron chi connectivity index (χ2n) is 15.7. The lowest BCUT2D eigenvalue weighted by Crippen LogP contribution is -2.58. The van der Waals surface area contributed by atoms with E-state index in [4.69, 9.17) is 9.26 Å². The molecule has 56 heavy (non-hydrogen) atoms. The fraction of sp³-hybridized carbons (Fsp3) is 0.450. The summed E-state index contributed by atoms with van der Waals surface area (Å²) in [6.45, 7) is 3.13. The van der Waals surface area contributed by atoms with E-state index in [-0.39, 0.29) is 37.4 Å². The molecule has 4 heterocycles. The van der Waals surface area contributed by atoms with Crippen molar-refractivity contribution >= 4 is 55.3 Å². The molecule has 16 heteroatoms. The average molecular weight is 787 g/mol. The van der Waals surface area contributed by atoms with E-state index >= 15 is 0 Å². The molecule has 4 aliphatic rings. The minimum atomic E-state index is -4.02. The number of allylic oxidation sites excluding steroid dienone is 1. The zero-order chi connectivity index (χ0) is 39.4. The molecule has 3 fully saturated rings. The van der Waals surface area contributed by atoms with E-state index in [0.29, 0.717) is 42.3 Å². The number of carbonyl (C=O) groups excluding carboxylic acids is 4. The summed E-state index contributed by atoms with van der Waals surface area (Å²) in [7, 11) is -4.02. The Bertz CT molecular complexity index is 2400. The van der Waals surface area contributed by atoms with Crippen molar-refractivity contribution in [2.45, 2.75) is 100 Å². The summed E-state index contributed by atoms with van der Waals surface area (Å²) in [6, 6.07) is 10.9. The molecular formula is C40H43FN6O8S. The fourth-order valence-electron chi connectivity index (χ4n) is 7.80. The number of halogens is 1. The number of pyridine rings is 1. The topological polar surface area (TPSA) is 190 Å². The Morgan fingerprint density at radius 2 is 1.84 bits per heavy atom. The van der Waals surface area contributed by atoms with Gasteiger partial charge in [-0.25, -0.2) is 17.8 Å². The largest absolute Gasteiger partial charge is 0.472 e. The highest BCUT2D eigenvalue weighted by molar-refractivity contribution is 7.91. The van der Waals surface area contributed by atoms with Crippen LogP contribution in [0.4, 0.5) is 4.39 Å². The molecule has 4 aromatic rings. The summed E-state index contributed by atoms with van der Waals surface area (Å²) in [5.74, 6) is -2.98. The Morgan fingerprint density at radius 1 is 1.05 bits per heavy atom. The van der Waals surface area contributed by atoms with E-state index in [0.717, 1.165) is 23.6 Å². The Kier molecular flexibility index (Phi) is 9.58. The minimum Gasteiger partial charge on any atom is -0.472 e. The van der Waals surface area contributed by atoms with Crippen LogP contribution in [-0.2, 0) is 24.4 Å². The molecular weight excluding hydrogens is 744 g/mol. The fourth-order valence-corrected chi connectivity index (χ4v) is 9.11. The molecule has 5 atom stereocenters. The third-order valence-corrected chi connectivity index (χ3v) is 13.7. The monoisotopic (exact) mass is 786 g/mol. The Hall–Kier alpha value is -5.38. The highest BCUT2D eigenvalue weighted by atomic mass is 32.2. The van der Waals surface area contributed by atoms with Gasteiger partial charge >= 0.3 is 0 Å². The number of nitrogens with one attached hydrogen (secondary N) is 3. The first-order valence-electron chi connectivity index (χ1n) is 19.0. The number of sulfonamides is 1. The molecule has 2 saturated carbocycles. The van der Waals surface area contributed by atoms with Gasteiger partial charge in [-0.3, -0.25) is 23.9 Å². The van der Waals surface area contributed by atoms with Crippen LogP contribution in [0, 0.1) is 18.7 Å². The molecule has 8 rings (SSSR count). The molecule has 0 spiro atoms. The van der Waals surface area contributed by atoms with E-state index in [1.54, 1.807) is 19.9 Å². The van der Waals surface area contributed by atoms with E-state index in [9.17, 15) is 32.0 Å². The van der Waals surface area contributed by atoms with Crippen LogP contribution in [-0.4, -0.2) is 82.1 Å². The second kappa shape index (κ2) is 14.3. The van der Waals surface area contributed by atoms with Crippen LogP contribution in [0.3, 0.4) is 0 Å². The first-order chi connectivity index (χ1) is 26.8. The number of hydrogen-bond donors (Lipinski definition) is 3. The number of carbonyl (C=O) groups is 4. The SMILES string of the molecule is Cc1cc(C(=O)NC2CCCCCC=CC3CC3(C(=O)NS(=O)(=O)C3(C)CC3)NC(=O)C3CC(Oc4nc5cc(F)ccc5c5ccccc45)CN3C2=O)no1. The normalized spacial score (nSPS) is 26.4. The molecule has 2 aliphatic heterocycles. The van der Waals surface area contributed by atoms with Crippen LogP contribution in [0.5, 0.6) is 5.88 Å². The van der Waals surface area contributed by atoms with Gasteiger partial charge in [0.15, 0.2) is 5.69 Å². The Labute approximate surface area is 322 Å². The number of benzene rings is 2. The summed E-state index contributed by atoms with van der Waals surface area (Å²) in [4.78, 5) is 62.3. The van der Waals surface area contributed by atoms with Gasteiger partial charge in [0.25, 0.3) is 11.8 Å². The summed E-state index contributed by atoms with van der Waals surface area (Å²) in [5.41, 5.74) is -1.19. The van der Waals surface area contributed by atoms with Crippen molar-refractivity contribution < 1.29 is 41.2 Å². The second-order valence-corrected chi connectivity index (χ2v) is 17.9. The first kappa shape index (κ1) is 37.5. The molecule has 1 saturated heterocycles. The predicted octanol–water partition coefficient (Wildman–Crippen LogP) is 4.36. The highest BCUT2D eigenvalue weighted by Gasteiger charge is 2.63. The molecule has 14 nitrogen and oxygen atoms in total. The standard InChI is InChI=1S/C40H43FN6O8S/c1-23-18-32(45-55-23)34(48)42-30-13-7-5-3-4-6-10-24-21-40(24,38(51)46-56(52,53)39(2)16-17-39)44-35(49)33-20-26(22-47(33)37(30)50)54-36-29-12-9-8-11-27(29)28-15-14-25(41)19-31(28)43-36/h6,8-12,14-15,18-19,24,26,30,33H,3-5,7,13,16-17,20-22H2,1-2H3,(H,42,48)(H,44,49)(H,46,51). The third kappa shape index (κ3) is 7.10. The molecule has 4 amide bonds. The number of amides is 4. The summed E-state index contributed by atoms with van der Waals surface area (Å²) in [5, 5.41) is 11.6. The van der Waals surface area contributed by atoms with Gasteiger partial charge in [-0.2, -0.15) is 0 Å². The maximum Gasteiger partial charge on any atom is 0.274 e. The zero-order valence-electron chi connectivity index (χ0n) is 31.0. The zero-order valence-corrected chi connectivity index (χ0v) is 31.9. The van der Waals surface area contributed by atoms with Crippen molar-refractivity contribution in [3.05, 3.63) is 78.0 Å². The van der Waals surface area contributed by atoms with Gasteiger partial charge in [0.05, 0.1) is 16.8 Å². The lowest BCUT2D eigenvalue weighted by Gasteiger charge is -2.30. The molecule has 0 radical (unpaired) electrons. The van der Waals surface area contributed by atoms with Crippen LogP contribution in [0.15, 0.2) is 65.2 Å². The number of aryl methyl sites for hydroxylation is 1. The average Bonchev–Trinajstić information content (AvgIpc) is 3.97. The van der Waals surface area contributed by atoms with Gasteiger partial charge in [0.2, 0.25) is 27.7 Å². The summed E-state index contributed by atoms with van der Waals surface area (Å²) < 4.78 is 53.5. The van der Waals surface area contributed by atoms with Crippen LogP contribution >= 0.6 is 0 Å². The first-order valence-corrected chi connectivity index (χ1v) is 20.5. The van der Waals surface area contributed by atoms with Gasteiger partial charge in [-0.15, -0.1) is 0 Å². The van der Waals surface area contributed by atoms with Gasteiger partial charge < -0.3 is 24.8 Å². The predicted molar refractivity (Wildman–Crippen MR) is 202 cm³/mol. The molecule has 2 aliphatic carbocycles.